The highest BCUT2D eigenvalue weighted by Crippen LogP contribution is 2.34. The molecule has 0 radical (unpaired) electrons. The maximum absolute atomic E-state index is 13.7. The van der Waals surface area contributed by atoms with E-state index < -0.39 is 23.6 Å². The molecule has 0 unspecified atom stereocenters. The lowest BCUT2D eigenvalue weighted by atomic mass is 9.88. The summed E-state index contributed by atoms with van der Waals surface area (Å²) in [5.41, 5.74) is 0.324. The first kappa shape index (κ1) is 46.3. The molecule has 0 aliphatic carbocycles. The van der Waals surface area contributed by atoms with Crippen molar-refractivity contribution in [2.45, 2.75) is 89.6 Å². The van der Waals surface area contributed by atoms with Crippen LogP contribution in [-0.2, 0) is 41.5 Å². The molecular formula is C42H56F4N4O8. The third-order valence-corrected chi connectivity index (χ3v) is 11.2. The van der Waals surface area contributed by atoms with Crippen LogP contribution >= 0.6 is 0 Å². The summed E-state index contributed by atoms with van der Waals surface area (Å²) in [6.07, 6.45) is 4.74. The van der Waals surface area contributed by atoms with E-state index in [2.05, 4.69) is 9.80 Å². The van der Waals surface area contributed by atoms with Crippen molar-refractivity contribution in [3.63, 3.8) is 0 Å². The first-order chi connectivity index (χ1) is 27.5. The SMILES string of the molecule is CCN1CC2(CCN(CCc3cc(F)ccc3F)CC2)O[C@H](C)C1=O.CCN1CC2(CCN(CCc3cc(F)ccc3F)CC2)O[C@H](C)C1=O.O=C(O)/C=C\C(=O)O. The van der Waals surface area contributed by atoms with Gasteiger partial charge in [-0.15, -0.1) is 0 Å². The van der Waals surface area contributed by atoms with Crippen molar-refractivity contribution < 1.29 is 56.4 Å². The number of rotatable bonds is 10. The lowest BCUT2D eigenvalue weighted by Crippen LogP contribution is -2.61. The normalized spacial score (nSPS) is 22.1. The molecule has 320 valence electrons. The molecule has 16 heteroatoms. The molecular weight excluding hydrogens is 764 g/mol. The molecule has 2 atom stereocenters. The highest BCUT2D eigenvalue weighted by Gasteiger charge is 2.46. The van der Waals surface area contributed by atoms with Gasteiger partial charge in [0.2, 0.25) is 0 Å². The van der Waals surface area contributed by atoms with Gasteiger partial charge in [-0.25, -0.2) is 27.2 Å². The fourth-order valence-electron chi connectivity index (χ4n) is 7.92. The third kappa shape index (κ3) is 13.1. The number of morpholine rings is 2. The van der Waals surface area contributed by atoms with E-state index in [4.69, 9.17) is 19.7 Å². The van der Waals surface area contributed by atoms with Crippen LogP contribution in [0.15, 0.2) is 48.6 Å². The van der Waals surface area contributed by atoms with Gasteiger partial charge >= 0.3 is 11.9 Å². The average molecular weight is 821 g/mol. The molecule has 0 aromatic heterocycles. The number of piperidine rings is 2. The summed E-state index contributed by atoms with van der Waals surface area (Å²) >= 11 is 0. The Hall–Kier alpha value is -4.38. The van der Waals surface area contributed by atoms with Gasteiger partial charge in [-0.2, -0.15) is 0 Å². The van der Waals surface area contributed by atoms with Crippen LogP contribution in [0.4, 0.5) is 17.6 Å². The van der Waals surface area contributed by atoms with Gasteiger partial charge in [-0.05, 0) is 114 Å². The predicted molar refractivity (Wildman–Crippen MR) is 207 cm³/mol. The zero-order valence-electron chi connectivity index (χ0n) is 33.7. The van der Waals surface area contributed by atoms with Crippen LogP contribution in [-0.4, -0.2) is 142 Å². The number of hydrogen-bond donors (Lipinski definition) is 2. The minimum atomic E-state index is -1.26. The molecule has 6 rings (SSSR count). The molecule has 12 nitrogen and oxygen atoms in total. The molecule has 4 fully saturated rings. The Labute approximate surface area is 337 Å². The molecule has 2 amide bonds. The van der Waals surface area contributed by atoms with Gasteiger partial charge in [-0.1, -0.05) is 0 Å². The smallest absolute Gasteiger partial charge is 0.328 e. The van der Waals surface area contributed by atoms with Gasteiger partial charge in [-0.3, -0.25) is 9.59 Å². The quantitative estimate of drug-likeness (QED) is 0.251. The van der Waals surface area contributed by atoms with Gasteiger partial charge in [0.25, 0.3) is 11.8 Å². The van der Waals surface area contributed by atoms with E-state index in [1.165, 1.54) is 24.3 Å². The van der Waals surface area contributed by atoms with Crippen molar-refractivity contribution >= 4 is 23.8 Å². The molecule has 4 aliphatic rings. The number of carboxylic acid groups (broad SMARTS) is 2. The van der Waals surface area contributed by atoms with E-state index in [-0.39, 0.29) is 46.9 Å². The number of amides is 2. The van der Waals surface area contributed by atoms with Crippen LogP contribution < -0.4 is 0 Å². The van der Waals surface area contributed by atoms with Crippen molar-refractivity contribution in [3.8, 4) is 0 Å². The number of carbonyl (C=O) groups is 4. The maximum Gasteiger partial charge on any atom is 0.328 e. The summed E-state index contributed by atoms with van der Waals surface area (Å²) in [6.45, 7) is 15.1. The topological polar surface area (TPSA) is 140 Å². The summed E-state index contributed by atoms with van der Waals surface area (Å²) in [7, 11) is 0. The molecule has 58 heavy (non-hydrogen) atoms. The van der Waals surface area contributed by atoms with Gasteiger partial charge < -0.3 is 39.3 Å². The summed E-state index contributed by atoms with van der Waals surface area (Å²) in [5, 5.41) is 15.6. The number of aliphatic carboxylic acids is 2. The number of nitrogens with zero attached hydrogens (tertiary/aromatic N) is 4. The van der Waals surface area contributed by atoms with E-state index in [1.807, 2.05) is 37.5 Å². The molecule has 4 heterocycles. The first-order valence-electron chi connectivity index (χ1n) is 19.9. The van der Waals surface area contributed by atoms with Crippen LogP contribution in [0.25, 0.3) is 0 Å². The lowest BCUT2D eigenvalue weighted by Gasteiger charge is -2.49. The van der Waals surface area contributed by atoms with Crippen LogP contribution in [0.3, 0.4) is 0 Å². The number of halogens is 4. The standard InChI is InChI=1S/2C19H26F2N2O2.C4H4O4/c2*1-3-23-13-19(25-14(2)18(23)24)7-10-22(11-8-19)9-6-15-12-16(20)4-5-17(15)21;5-3(6)1-2-4(7)8/h2*4-5,12,14H,3,6-11,13H2,1-2H3;1-2H,(H,5,6)(H,7,8)/b;;2-1-/t2*14-;/m11./s1. The van der Waals surface area contributed by atoms with E-state index in [9.17, 15) is 36.7 Å². The van der Waals surface area contributed by atoms with Crippen LogP contribution in [0, 0.1) is 23.3 Å². The Balaban J connectivity index is 0.000000217. The molecule has 0 bridgehead atoms. The number of benzene rings is 2. The summed E-state index contributed by atoms with van der Waals surface area (Å²) < 4.78 is 66.1. The van der Waals surface area contributed by atoms with Gasteiger partial charge in [0, 0.05) is 77.6 Å². The Bertz CT molecular complexity index is 1640. The molecule has 2 aromatic carbocycles. The molecule has 4 aliphatic heterocycles. The Kier molecular flexibility index (Phi) is 16.8. The zero-order chi connectivity index (χ0) is 42.6. The lowest BCUT2D eigenvalue weighted by molar-refractivity contribution is -0.189. The second-order valence-corrected chi connectivity index (χ2v) is 15.3. The van der Waals surface area contributed by atoms with Crippen LogP contribution in [0.5, 0.6) is 0 Å². The zero-order valence-corrected chi connectivity index (χ0v) is 33.7. The van der Waals surface area contributed by atoms with Gasteiger partial charge in [0.15, 0.2) is 0 Å². The van der Waals surface area contributed by atoms with E-state index in [1.54, 1.807) is 0 Å². The van der Waals surface area contributed by atoms with Gasteiger partial charge in [0.05, 0.1) is 11.2 Å². The molecule has 4 saturated heterocycles. The largest absolute Gasteiger partial charge is 0.478 e. The van der Waals surface area contributed by atoms with Crippen LogP contribution in [0.2, 0.25) is 0 Å². The molecule has 0 saturated carbocycles. The van der Waals surface area contributed by atoms with Crippen molar-refractivity contribution in [1.29, 1.82) is 0 Å². The summed E-state index contributed by atoms with van der Waals surface area (Å²) in [4.78, 5) is 51.6. The van der Waals surface area contributed by atoms with Crippen LogP contribution in [0.1, 0.15) is 64.5 Å². The monoisotopic (exact) mass is 820 g/mol. The number of carbonyl (C=O) groups excluding carboxylic acids is 2. The highest BCUT2D eigenvalue weighted by molar-refractivity contribution is 5.89. The molecule has 2 spiro atoms. The van der Waals surface area contributed by atoms with Crippen molar-refractivity contribution in [2.75, 3.05) is 65.4 Å². The minimum absolute atomic E-state index is 0.0668. The number of likely N-dealkylation sites (tertiary alicyclic amines) is 2. The first-order valence-corrected chi connectivity index (χ1v) is 19.9. The number of hydrogen-bond acceptors (Lipinski definition) is 8. The highest BCUT2D eigenvalue weighted by atomic mass is 19.1. The number of likely N-dealkylation sites (N-methyl/N-ethyl adjacent to an activating group) is 2. The second kappa shape index (κ2) is 21.0. The molecule has 2 aromatic rings. The fraction of sp³-hybridized carbons (Fsp3) is 0.571. The number of ether oxygens (including phenoxy) is 2. The minimum Gasteiger partial charge on any atom is -0.478 e. The Morgan fingerprint density at radius 1 is 0.672 bits per heavy atom. The maximum atomic E-state index is 13.7. The Morgan fingerprint density at radius 2 is 1.02 bits per heavy atom. The van der Waals surface area contributed by atoms with E-state index in [0.717, 1.165) is 64.0 Å². The van der Waals surface area contributed by atoms with E-state index >= 15 is 0 Å². The second-order valence-electron chi connectivity index (χ2n) is 15.3. The van der Waals surface area contributed by atoms with Crippen molar-refractivity contribution in [2.24, 2.45) is 0 Å². The van der Waals surface area contributed by atoms with Crippen molar-refractivity contribution in [1.82, 2.24) is 19.6 Å². The Morgan fingerprint density at radius 3 is 1.33 bits per heavy atom. The number of carboxylic acids is 2. The van der Waals surface area contributed by atoms with Crippen molar-refractivity contribution in [3.05, 3.63) is 82.9 Å². The third-order valence-electron chi connectivity index (χ3n) is 11.2. The van der Waals surface area contributed by atoms with E-state index in [0.29, 0.717) is 75.4 Å². The van der Waals surface area contributed by atoms with Gasteiger partial charge in [0.1, 0.15) is 35.5 Å². The summed E-state index contributed by atoms with van der Waals surface area (Å²) in [6, 6.07) is 7.21. The fourth-order valence-corrected chi connectivity index (χ4v) is 7.92. The summed E-state index contributed by atoms with van der Waals surface area (Å²) in [5.74, 6) is -3.88. The average Bonchev–Trinajstić information content (AvgIpc) is 3.19. The molecule has 2 N–H and O–H groups in total. The predicted octanol–water partition coefficient (Wildman–Crippen LogP) is 4.93.